The number of alkyl halides is 3. The van der Waals surface area contributed by atoms with Gasteiger partial charge in [0.1, 0.15) is 29.7 Å². The topological polar surface area (TPSA) is 150 Å². The molecule has 0 radical (unpaired) electrons. The average molecular weight is 568 g/mol. The van der Waals surface area contributed by atoms with Crippen LogP contribution in [0.25, 0.3) is 22.6 Å². The summed E-state index contributed by atoms with van der Waals surface area (Å²) in [5.41, 5.74) is 1.92. The predicted molar refractivity (Wildman–Crippen MR) is 149 cm³/mol. The number of rotatable bonds is 9. The van der Waals surface area contributed by atoms with E-state index in [0.29, 0.717) is 33.9 Å². The number of benzene rings is 1. The molecule has 1 unspecified atom stereocenters. The maximum atomic E-state index is 12.7. The first kappa shape index (κ1) is 29.0. The van der Waals surface area contributed by atoms with E-state index in [0.717, 1.165) is 0 Å². The molecule has 0 saturated carbocycles. The molecule has 1 aromatic carbocycles. The summed E-state index contributed by atoms with van der Waals surface area (Å²) in [6.07, 6.45) is 1.27. The minimum absolute atomic E-state index is 0.243. The highest BCUT2D eigenvalue weighted by Gasteiger charge is 2.35. The number of fused-ring (bicyclic) bond motifs is 1. The number of halogens is 3. The molecular formula is C27H28F3N9O2. The van der Waals surface area contributed by atoms with Crippen LogP contribution < -0.4 is 21.3 Å². The van der Waals surface area contributed by atoms with Crippen molar-refractivity contribution in [3.05, 3.63) is 61.6 Å². The zero-order valence-electron chi connectivity index (χ0n) is 22.4. The highest BCUT2D eigenvalue weighted by Crippen LogP contribution is 2.28. The number of anilines is 4. The van der Waals surface area contributed by atoms with Gasteiger partial charge in [-0.1, -0.05) is 33.4 Å². The quantitative estimate of drug-likeness (QED) is 0.181. The second kappa shape index (κ2) is 11.6. The molecule has 0 aliphatic carbocycles. The van der Waals surface area contributed by atoms with Crippen LogP contribution in [0.2, 0.25) is 0 Å². The van der Waals surface area contributed by atoms with Crippen LogP contribution in [-0.4, -0.2) is 55.5 Å². The molecule has 14 heteroatoms. The third-order valence-corrected chi connectivity index (χ3v) is 5.75. The van der Waals surface area contributed by atoms with Gasteiger partial charge in [0.2, 0.25) is 11.8 Å². The first-order valence-electron chi connectivity index (χ1n) is 12.4. The van der Waals surface area contributed by atoms with Crippen molar-refractivity contribution in [1.82, 2.24) is 30.2 Å². The summed E-state index contributed by atoms with van der Waals surface area (Å²) < 4.78 is 38.0. The number of amides is 2. The molecule has 0 saturated heterocycles. The molecule has 3 heterocycles. The minimum Gasteiger partial charge on any atom is -0.358 e. The number of aromatic amines is 1. The van der Waals surface area contributed by atoms with Gasteiger partial charge >= 0.3 is 6.18 Å². The molecule has 1 atom stereocenters. The molecular weight excluding hydrogens is 539 g/mol. The maximum absolute atomic E-state index is 12.7. The Labute approximate surface area is 233 Å². The van der Waals surface area contributed by atoms with Gasteiger partial charge < -0.3 is 26.3 Å². The van der Waals surface area contributed by atoms with Crippen molar-refractivity contribution in [3.63, 3.8) is 0 Å². The number of H-pyrrole nitrogens is 1. The lowest BCUT2D eigenvalue weighted by Crippen LogP contribution is -2.49. The van der Waals surface area contributed by atoms with Crippen molar-refractivity contribution in [2.24, 2.45) is 5.41 Å². The van der Waals surface area contributed by atoms with E-state index in [4.69, 9.17) is 0 Å². The maximum Gasteiger partial charge on any atom is 0.405 e. The molecule has 41 heavy (non-hydrogen) atoms. The zero-order chi connectivity index (χ0) is 29.8. The van der Waals surface area contributed by atoms with E-state index < -0.39 is 30.1 Å². The Bertz CT molecular complexity index is 1580. The molecule has 0 bridgehead atoms. The molecule has 3 aromatic heterocycles. The molecule has 0 aliphatic heterocycles. The number of nitrogens with one attached hydrogen (secondary N) is 5. The summed E-state index contributed by atoms with van der Waals surface area (Å²) in [5, 5.41) is 10.7. The standard InChI is InChI=1S/C27H28F3N9O2/c1-5-20(40)36-16-8-6-7-15(11-16)35-19-13-33-24-21(37-19)17(12-32-24)23-31-10-9-18(39-23)38-22(26(2,3)4)25(41)34-14-27(28,29)30/h5-13,22H,1,14H2,2-4H3,(H,32,33)(H,34,41)(H,35,37)(H,36,40)(H,31,38,39). The molecule has 4 aromatic rings. The van der Waals surface area contributed by atoms with E-state index in [9.17, 15) is 22.8 Å². The van der Waals surface area contributed by atoms with Gasteiger partial charge in [0.15, 0.2) is 11.5 Å². The van der Waals surface area contributed by atoms with E-state index in [1.807, 2.05) is 5.32 Å². The lowest BCUT2D eigenvalue weighted by molar-refractivity contribution is -0.140. The van der Waals surface area contributed by atoms with E-state index in [1.165, 1.54) is 24.5 Å². The Hall–Kier alpha value is -5.01. The van der Waals surface area contributed by atoms with Gasteiger partial charge in [-0.15, -0.1) is 0 Å². The van der Waals surface area contributed by atoms with Crippen molar-refractivity contribution in [2.75, 3.05) is 22.5 Å². The van der Waals surface area contributed by atoms with Crippen molar-refractivity contribution in [3.8, 4) is 11.4 Å². The van der Waals surface area contributed by atoms with Crippen LogP contribution in [0.5, 0.6) is 0 Å². The van der Waals surface area contributed by atoms with E-state index in [-0.39, 0.29) is 17.5 Å². The summed E-state index contributed by atoms with van der Waals surface area (Å²) in [6.45, 7) is 7.19. The molecule has 2 amide bonds. The number of aromatic nitrogens is 5. The normalized spacial score (nSPS) is 12.4. The smallest absolute Gasteiger partial charge is 0.358 e. The molecule has 0 spiro atoms. The number of nitrogens with zero attached hydrogens (tertiary/aromatic N) is 4. The lowest BCUT2D eigenvalue weighted by atomic mass is 9.86. The van der Waals surface area contributed by atoms with Crippen LogP contribution in [0, 0.1) is 5.41 Å². The summed E-state index contributed by atoms with van der Waals surface area (Å²) in [7, 11) is 0. The Morgan fingerprint density at radius 1 is 1.07 bits per heavy atom. The van der Waals surface area contributed by atoms with E-state index in [2.05, 4.69) is 47.4 Å². The van der Waals surface area contributed by atoms with Gasteiger partial charge in [0, 0.05) is 23.8 Å². The van der Waals surface area contributed by atoms with Crippen LogP contribution in [-0.2, 0) is 9.59 Å². The lowest BCUT2D eigenvalue weighted by Gasteiger charge is -2.31. The third kappa shape index (κ3) is 7.56. The predicted octanol–water partition coefficient (Wildman–Crippen LogP) is 4.79. The fourth-order valence-corrected chi connectivity index (χ4v) is 3.82. The van der Waals surface area contributed by atoms with E-state index in [1.54, 1.807) is 51.2 Å². The van der Waals surface area contributed by atoms with Crippen molar-refractivity contribution in [1.29, 1.82) is 0 Å². The van der Waals surface area contributed by atoms with Crippen LogP contribution in [0.4, 0.5) is 36.2 Å². The number of carbonyl (C=O) groups excluding carboxylic acids is 2. The van der Waals surface area contributed by atoms with Crippen LogP contribution >= 0.6 is 0 Å². The van der Waals surface area contributed by atoms with Gasteiger partial charge in [0.05, 0.1) is 11.8 Å². The summed E-state index contributed by atoms with van der Waals surface area (Å²) in [4.78, 5) is 45.1. The Balaban J connectivity index is 1.58. The van der Waals surface area contributed by atoms with Crippen molar-refractivity contribution in [2.45, 2.75) is 33.0 Å². The molecule has 0 aliphatic rings. The highest BCUT2D eigenvalue weighted by molar-refractivity contribution is 5.99. The monoisotopic (exact) mass is 567 g/mol. The summed E-state index contributed by atoms with van der Waals surface area (Å²) >= 11 is 0. The second-order valence-corrected chi connectivity index (χ2v) is 10.1. The van der Waals surface area contributed by atoms with Crippen LogP contribution in [0.1, 0.15) is 20.8 Å². The first-order valence-corrected chi connectivity index (χ1v) is 12.4. The van der Waals surface area contributed by atoms with Crippen molar-refractivity contribution < 1.29 is 22.8 Å². The highest BCUT2D eigenvalue weighted by atomic mass is 19.4. The van der Waals surface area contributed by atoms with Gasteiger partial charge in [-0.3, -0.25) is 9.59 Å². The molecule has 0 fully saturated rings. The Morgan fingerprint density at radius 2 is 1.83 bits per heavy atom. The molecule has 5 N–H and O–H groups in total. The Morgan fingerprint density at radius 3 is 2.54 bits per heavy atom. The molecule has 214 valence electrons. The minimum atomic E-state index is -4.53. The zero-order valence-corrected chi connectivity index (χ0v) is 22.4. The second-order valence-electron chi connectivity index (χ2n) is 10.1. The van der Waals surface area contributed by atoms with Gasteiger partial charge in [-0.25, -0.2) is 19.9 Å². The largest absolute Gasteiger partial charge is 0.405 e. The third-order valence-electron chi connectivity index (χ3n) is 5.75. The fourth-order valence-electron chi connectivity index (χ4n) is 3.82. The number of carbonyl (C=O) groups is 2. The average Bonchev–Trinajstić information content (AvgIpc) is 3.33. The van der Waals surface area contributed by atoms with E-state index >= 15 is 0 Å². The van der Waals surface area contributed by atoms with Gasteiger partial charge in [0.25, 0.3) is 0 Å². The first-order chi connectivity index (χ1) is 19.3. The van der Waals surface area contributed by atoms with Crippen LogP contribution in [0.3, 0.4) is 0 Å². The van der Waals surface area contributed by atoms with Gasteiger partial charge in [-0.05, 0) is 35.8 Å². The summed E-state index contributed by atoms with van der Waals surface area (Å²) in [6, 6.07) is 7.51. The molecule has 11 nitrogen and oxygen atoms in total. The van der Waals surface area contributed by atoms with Crippen molar-refractivity contribution >= 4 is 46.0 Å². The molecule has 4 rings (SSSR count). The fraction of sp³-hybridized carbons (Fsp3) is 0.259. The van der Waals surface area contributed by atoms with Gasteiger partial charge in [-0.2, -0.15) is 13.2 Å². The number of hydrogen-bond acceptors (Lipinski definition) is 8. The SMILES string of the molecule is C=CC(=O)Nc1cccc(Nc2cnc3[nH]cc(-c4nccc(NC(C(=O)NCC(F)(F)F)C(C)(C)C)n4)c3n2)c1. The number of hydrogen-bond donors (Lipinski definition) is 5. The Kier molecular flexibility index (Phi) is 8.21. The van der Waals surface area contributed by atoms with Crippen LogP contribution in [0.15, 0.2) is 61.6 Å². The summed E-state index contributed by atoms with van der Waals surface area (Å²) in [5.74, 6) is -0.240.